The van der Waals surface area contributed by atoms with E-state index in [4.69, 9.17) is 4.42 Å². The Labute approximate surface area is 116 Å². The molecule has 0 atom stereocenters. The van der Waals surface area contributed by atoms with Crippen LogP contribution in [0.15, 0.2) is 28.7 Å². The van der Waals surface area contributed by atoms with E-state index in [0.717, 1.165) is 0 Å². The molecule has 0 radical (unpaired) electrons. The molecule has 0 aliphatic carbocycles. The van der Waals surface area contributed by atoms with Crippen molar-refractivity contribution < 1.29 is 13.6 Å². The molecule has 0 bridgehead atoms. The lowest BCUT2D eigenvalue weighted by Gasteiger charge is -2.03. The van der Waals surface area contributed by atoms with E-state index in [9.17, 15) is 9.18 Å². The molecule has 5 nitrogen and oxygen atoms in total. The standard InChI is InChI=1S/C14H16FN3O2/c1-9(2)14-18-17-12(20-14)7-8-16-13(19)10-3-5-11(15)6-4-10/h3-6,9H,7-8H2,1-2H3,(H,16,19). The van der Waals surface area contributed by atoms with Gasteiger partial charge in [0.05, 0.1) is 0 Å². The Kier molecular flexibility index (Phi) is 4.45. The maximum absolute atomic E-state index is 12.7. The van der Waals surface area contributed by atoms with Gasteiger partial charge in [0.25, 0.3) is 5.91 Å². The summed E-state index contributed by atoms with van der Waals surface area (Å²) in [6, 6.07) is 5.38. The van der Waals surface area contributed by atoms with Crippen LogP contribution in [-0.2, 0) is 6.42 Å². The molecule has 0 saturated heterocycles. The van der Waals surface area contributed by atoms with Crippen LogP contribution in [-0.4, -0.2) is 22.6 Å². The van der Waals surface area contributed by atoms with Crippen LogP contribution in [0.1, 0.15) is 41.9 Å². The number of nitrogens with zero attached hydrogens (tertiary/aromatic N) is 2. The number of nitrogens with one attached hydrogen (secondary N) is 1. The van der Waals surface area contributed by atoms with Crippen molar-refractivity contribution >= 4 is 5.91 Å². The Hall–Kier alpha value is -2.24. The predicted octanol–water partition coefficient (Wildman–Crippen LogP) is 2.30. The molecule has 0 saturated carbocycles. The predicted molar refractivity (Wildman–Crippen MR) is 70.8 cm³/mol. The van der Waals surface area contributed by atoms with Gasteiger partial charge in [-0.3, -0.25) is 4.79 Å². The maximum atomic E-state index is 12.7. The number of amides is 1. The van der Waals surface area contributed by atoms with Crippen LogP contribution in [0.25, 0.3) is 0 Å². The van der Waals surface area contributed by atoms with E-state index in [1.807, 2.05) is 13.8 Å². The van der Waals surface area contributed by atoms with Crippen LogP contribution in [0.3, 0.4) is 0 Å². The molecule has 0 unspecified atom stereocenters. The average Bonchev–Trinajstić information content (AvgIpc) is 2.88. The van der Waals surface area contributed by atoms with Crippen LogP contribution >= 0.6 is 0 Å². The molecule has 1 aromatic carbocycles. The highest BCUT2D eigenvalue weighted by Crippen LogP contribution is 2.11. The summed E-state index contributed by atoms with van der Waals surface area (Å²) >= 11 is 0. The Bertz CT molecular complexity index is 578. The molecule has 1 N–H and O–H groups in total. The van der Waals surface area contributed by atoms with Crippen molar-refractivity contribution in [2.45, 2.75) is 26.2 Å². The first kappa shape index (κ1) is 14.2. The van der Waals surface area contributed by atoms with Crippen molar-refractivity contribution in [3.05, 3.63) is 47.4 Å². The van der Waals surface area contributed by atoms with Crippen molar-refractivity contribution in [1.82, 2.24) is 15.5 Å². The van der Waals surface area contributed by atoms with E-state index in [1.54, 1.807) is 0 Å². The highest BCUT2D eigenvalue weighted by molar-refractivity contribution is 5.94. The third-order valence-corrected chi connectivity index (χ3v) is 2.71. The van der Waals surface area contributed by atoms with Crippen LogP contribution in [0.2, 0.25) is 0 Å². The lowest BCUT2D eigenvalue weighted by molar-refractivity contribution is 0.0953. The lowest BCUT2D eigenvalue weighted by Crippen LogP contribution is -2.25. The van der Waals surface area contributed by atoms with E-state index >= 15 is 0 Å². The molecule has 0 fully saturated rings. The van der Waals surface area contributed by atoms with Crippen molar-refractivity contribution in [1.29, 1.82) is 0 Å². The maximum Gasteiger partial charge on any atom is 0.251 e. The van der Waals surface area contributed by atoms with Gasteiger partial charge in [0.2, 0.25) is 11.8 Å². The topological polar surface area (TPSA) is 68.0 Å². The number of rotatable bonds is 5. The molecular weight excluding hydrogens is 261 g/mol. The minimum absolute atomic E-state index is 0.185. The van der Waals surface area contributed by atoms with Crippen LogP contribution in [0, 0.1) is 5.82 Å². The summed E-state index contributed by atoms with van der Waals surface area (Å²) in [6.07, 6.45) is 0.465. The zero-order chi connectivity index (χ0) is 14.5. The number of aromatic nitrogens is 2. The van der Waals surface area contributed by atoms with Gasteiger partial charge in [-0.15, -0.1) is 10.2 Å². The Morgan fingerprint density at radius 1 is 1.30 bits per heavy atom. The molecule has 2 aromatic rings. The summed E-state index contributed by atoms with van der Waals surface area (Å²) in [5.41, 5.74) is 0.416. The fraction of sp³-hybridized carbons (Fsp3) is 0.357. The Morgan fingerprint density at radius 3 is 2.60 bits per heavy atom. The number of carbonyl (C=O) groups excluding carboxylic acids is 1. The van der Waals surface area contributed by atoms with Gasteiger partial charge >= 0.3 is 0 Å². The van der Waals surface area contributed by atoms with Crippen LogP contribution in [0.4, 0.5) is 4.39 Å². The molecule has 0 aliphatic heterocycles. The van der Waals surface area contributed by atoms with E-state index in [2.05, 4.69) is 15.5 Å². The molecule has 1 amide bonds. The van der Waals surface area contributed by atoms with Gasteiger partial charge in [-0.1, -0.05) is 13.8 Å². The molecule has 2 rings (SSSR count). The summed E-state index contributed by atoms with van der Waals surface area (Å²) in [7, 11) is 0. The van der Waals surface area contributed by atoms with Gasteiger partial charge in [0, 0.05) is 24.4 Å². The first-order valence-corrected chi connectivity index (χ1v) is 6.42. The highest BCUT2D eigenvalue weighted by Gasteiger charge is 2.10. The SMILES string of the molecule is CC(C)c1nnc(CCNC(=O)c2ccc(F)cc2)o1. The number of carbonyl (C=O) groups is 1. The van der Waals surface area contributed by atoms with E-state index in [0.29, 0.717) is 30.3 Å². The molecule has 106 valence electrons. The highest BCUT2D eigenvalue weighted by atomic mass is 19.1. The summed E-state index contributed by atoms with van der Waals surface area (Å²) in [6.45, 7) is 4.32. The molecule has 0 spiro atoms. The molecule has 1 aromatic heterocycles. The normalized spacial score (nSPS) is 10.8. The summed E-state index contributed by atoms with van der Waals surface area (Å²) in [4.78, 5) is 11.8. The van der Waals surface area contributed by atoms with Crippen LogP contribution < -0.4 is 5.32 Å². The second-order valence-electron chi connectivity index (χ2n) is 4.70. The largest absolute Gasteiger partial charge is 0.425 e. The molecule has 1 heterocycles. The van der Waals surface area contributed by atoms with Gasteiger partial charge in [0.15, 0.2) is 0 Å². The summed E-state index contributed by atoms with van der Waals surface area (Å²) in [5.74, 6) is 0.644. The number of hydrogen-bond donors (Lipinski definition) is 1. The number of hydrogen-bond acceptors (Lipinski definition) is 4. The number of benzene rings is 1. The fourth-order valence-electron chi connectivity index (χ4n) is 1.59. The zero-order valence-corrected chi connectivity index (χ0v) is 11.4. The minimum Gasteiger partial charge on any atom is -0.425 e. The van der Waals surface area contributed by atoms with Gasteiger partial charge in [0.1, 0.15) is 5.82 Å². The fourth-order valence-corrected chi connectivity index (χ4v) is 1.59. The molecular formula is C14H16FN3O2. The Balaban J connectivity index is 1.83. The van der Waals surface area contributed by atoms with E-state index in [1.165, 1.54) is 24.3 Å². The smallest absolute Gasteiger partial charge is 0.251 e. The third kappa shape index (κ3) is 3.63. The van der Waals surface area contributed by atoms with Gasteiger partial charge in [-0.2, -0.15) is 0 Å². The number of halogens is 1. The molecule has 20 heavy (non-hydrogen) atoms. The second kappa shape index (κ2) is 6.27. The van der Waals surface area contributed by atoms with Crippen molar-refractivity contribution in [2.75, 3.05) is 6.54 Å². The second-order valence-corrected chi connectivity index (χ2v) is 4.70. The average molecular weight is 277 g/mol. The van der Waals surface area contributed by atoms with Gasteiger partial charge < -0.3 is 9.73 Å². The monoisotopic (exact) mass is 277 g/mol. The van der Waals surface area contributed by atoms with Gasteiger partial charge in [-0.25, -0.2) is 4.39 Å². The molecule has 6 heteroatoms. The van der Waals surface area contributed by atoms with Crippen molar-refractivity contribution in [2.24, 2.45) is 0 Å². The summed E-state index contributed by atoms with van der Waals surface area (Å²) in [5, 5.41) is 10.5. The van der Waals surface area contributed by atoms with E-state index in [-0.39, 0.29) is 17.6 Å². The van der Waals surface area contributed by atoms with Gasteiger partial charge in [-0.05, 0) is 24.3 Å². The Morgan fingerprint density at radius 2 is 2.00 bits per heavy atom. The first-order chi connectivity index (χ1) is 9.56. The molecule has 0 aliphatic rings. The van der Waals surface area contributed by atoms with E-state index < -0.39 is 0 Å². The summed E-state index contributed by atoms with van der Waals surface area (Å²) < 4.78 is 18.2. The zero-order valence-electron chi connectivity index (χ0n) is 11.4. The minimum atomic E-state index is -0.367. The van der Waals surface area contributed by atoms with Crippen molar-refractivity contribution in [3.63, 3.8) is 0 Å². The van der Waals surface area contributed by atoms with Crippen LogP contribution in [0.5, 0.6) is 0 Å². The third-order valence-electron chi connectivity index (χ3n) is 2.71. The first-order valence-electron chi connectivity index (χ1n) is 6.42. The van der Waals surface area contributed by atoms with Crippen molar-refractivity contribution in [3.8, 4) is 0 Å². The lowest BCUT2D eigenvalue weighted by atomic mass is 10.2. The quantitative estimate of drug-likeness (QED) is 0.910.